The maximum absolute atomic E-state index is 12.7. The van der Waals surface area contributed by atoms with E-state index in [1.807, 2.05) is 27.7 Å². The highest BCUT2D eigenvalue weighted by Crippen LogP contribution is 2.31. The van der Waals surface area contributed by atoms with Gasteiger partial charge in [-0.15, -0.1) is 0 Å². The lowest BCUT2D eigenvalue weighted by molar-refractivity contribution is -0.137. The molecule has 3 rings (SSSR count). The summed E-state index contributed by atoms with van der Waals surface area (Å²) in [6, 6.07) is 6.60. The lowest BCUT2D eigenvalue weighted by Gasteiger charge is -2.35. The summed E-state index contributed by atoms with van der Waals surface area (Å²) in [7, 11) is 0. The van der Waals surface area contributed by atoms with Gasteiger partial charge in [0.05, 0.1) is 36.1 Å². The molecule has 0 saturated heterocycles. The molecule has 0 fully saturated rings. The Morgan fingerprint density at radius 3 is 2.37 bits per heavy atom. The molecule has 2 heterocycles. The van der Waals surface area contributed by atoms with Crippen LogP contribution in [0.5, 0.6) is 0 Å². The number of aromatic nitrogens is 2. The number of hydrogen-bond donors (Lipinski definition) is 0. The number of carbonyl (C=O) groups is 1. The Kier molecular flexibility index (Phi) is 4.69. The minimum atomic E-state index is -4.37. The van der Waals surface area contributed by atoms with Gasteiger partial charge >= 0.3 is 12.3 Å². The van der Waals surface area contributed by atoms with Crippen LogP contribution in [-0.4, -0.2) is 32.4 Å². The first kappa shape index (κ1) is 19.3. The molecule has 0 radical (unpaired) electrons. The van der Waals surface area contributed by atoms with Crippen molar-refractivity contribution in [2.75, 3.05) is 0 Å². The van der Waals surface area contributed by atoms with Gasteiger partial charge in [0.1, 0.15) is 5.60 Å². The van der Waals surface area contributed by atoms with Crippen molar-refractivity contribution < 1.29 is 22.7 Å². The second-order valence-electron chi connectivity index (χ2n) is 7.74. The van der Waals surface area contributed by atoms with E-state index in [1.54, 1.807) is 15.6 Å². The highest BCUT2D eigenvalue weighted by atomic mass is 19.4. The number of carbonyl (C=O) groups excluding carboxylic acids is 1. The van der Waals surface area contributed by atoms with Crippen molar-refractivity contribution in [3.8, 4) is 11.3 Å². The highest BCUT2D eigenvalue weighted by molar-refractivity contribution is 5.69. The van der Waals surface area contributed by atoms with Crippen LogP contribution in [0.3, 0.4) is 0 Å². The lowest BCUT2D eigenvalue weighted by Crippen LogP contribution is -2.46. The SMILES string of the molecule is C[C@@H]1Cn2nc(-c3ccc(C(F)(F)F)cc3)cc2CN1C(=O)OC(C)(C)C. The minimum absolute atomic E-state index is 0.104. The van der Waals surface area contributed by atoms with E-state index in [4.69, 9.17) is 4.74 Å². The maximum Gasteiger partial charge on any atom is 0.416 e. The van der Waals surface area contributed by atoms with Crippen LogP contribution in [0.15, 0.2) is 30.3 Å². The van der Waals surface area contributed by atoms with E-state index in [2.05, 4.69) is 5.10 Å². The normalized spacial score (nSPS) is 17.6. The number of nitrogens with zero attached hydrogens (tertiary/aromatic N) is 3. The summed E-state index contributed by atoms with van der Waals surface area (Å²) in [5.74, 6) is 0. The van der Waals surface area contributed by atoms with Gasteiger partial charge in [0.25, 0.3) is 0 Å². The van der Waals surface area contributed by atoms with Gasteiger partial charge in [0, 0.05) is 5.56 Å². The lowest BCUT2D eigenvalue weighted by atomic mass is 10.1. The van der Waals surface area contributed by atoms with Gasteiger partial charge in [-0.05, 0) is 45.9 Å². The average molecular weight is 381 g/mol. The summed E-state index contributed by atoms with van der Waals surface area (Å²) in [6.45, 7) is 8.18. The predicted molar refractivity (Wildman–Crippen MR) is 93.9 cm³/mol. The second-order valence-corrected chi connectivity index (χ2v) is 7.74. The molecule has 8 heteroatoms. The van der Waals surface area contributed by atoms with Gasteiger partial charge in [0.2, 0.25) is 0 Å². The zero-order chi connectivity index (χ0) is 20.0. The summed E-state index contributed by atoms with van der Waals surface area (Å²) in [5, 5.41) is 4.49. The third-order valence-corrected chi connectivity index (χ3v) is 4.30. The van der Waals surface area contributed by atoms with E-state index in [0.717, 1.165) is 17.8 Å². The van der Waals surface area contributed by atoms with Crippen molar-refractivity contribution in [2.45, 2.75) is 58.6 Å². The van der Waals surface area contributed by atoms with Gasteiger partial charge in [-0.25, -0.2) is 4.79 Å². The summed E-state index contributed by atoms with van der Waals surface area (Å²) >= 11 is 0. The van der Waals surface area contributed by atoms with Crippen molar-refractivity contribution in [1.82, 2.24) is 14.7 Å². The quantitative estimate of drug-likeness (QED) is 0.719. The van der Waals surface area contributed by atoms with Crippen LogP contribution in [0.25, 0.3) is 11.3 Å². The van der Waals surface area contributed by atoms with Crippen molar-refractivity contribution in [3.63, 3.8) is 0 Å². The van der Waals surface area contributed by atoms with Crippen LogP contribution in [0, 0.1) is 0 Å². The van der Waals surface area contributed by atoms with E-state index in [1.165, 1.54) is 12.1 Å². The third-order valence-electron chi connectivity index (χ3n) is 4.30. The van der Waals surface area contributed by atoms with Crippen molar-refractivity contribution in [2.24, 2.45) is 0 Å². The number of rotatable bonds is 1. The molecule has 2 aromatic rings. The Hall–Kier alpha value is -2.51. The van der Waals surface area contributed by atoms with E-state index in [0.29, 0.717) is 24.3 Å². The van der Waals surface area contributed by atoms with E-state index >= 15 is 0 Å². The molecule has 0 bridgehead atoms. The first-order chi connectivity index (χ1) is 12.4. The zero-order valence-electron chi connectivity index (χ0n) is 15.7. The fraction of sp³-hybridized carbons (Fsp3) is 0.474. The van der Waals surface area contributed by atoms with E-state index in [9.17, 15) is 18.0 Å². The molecule has 0 aliphatic carbocycles. The summed E-state index contributed by atoms with van der Waals surface area (Å²) in [4.78, 5) is 14.0. The predicted octanol–water partition coefficient (Wildman–Crippen LogP) is 4.71. The molecule has 1 aliphatic rings. The van der Waals surface area contributed by atoms with E-state index in [-0.39, 0.29) is 6.04 Å². The monoisotopic (exact) mass is 381 g/mol. The Morgan fingerprint density at radius 1 is 1.19 bits per heavy atom. The fourth-order valence-electron chi connectivity index (χ4n) is 2.96. The zero-order valence-corrected chi connectivity index (χ0v) is 15.7. The molecule has 0 N–H and O–H groups in total. The van der Waals surface area contributed by atoms with Crippen molar-refractivity contribution in [3.05, 3.63) is 41.6 Å². The van der Waals surface area contributed by atoms with Gasteiger partial charge in [0.15, 0.2) is 0 Å². The molecule has 146 valence electrons. The smallest absolute Gasteiger partial charge is 0.416 e. The number of amides is 1. The first-order valence-corrected chi connectivity index (χ1v) is 8.68. The molecule has 0 saturated carbocycles. The molecule has 5 nitrogen and oxygen atoms in total. The molecule has 1 aromatic carbocycles. The Morgan fingerprint density at radius 2 is 1.81 bits per heavy atom. The molecule has 1 atom stereocenters. The van der Waals surface area contributed by atoms with Crippen molar-refractivity contribution in [1.29, 1.82) is 0 Å². The maximum atomic E-state index is 12.7. The number of alkyl halides is 3. The molecule has 1 aromatic heterocycles. The summed E-state index contributed by atoms with van der Waals surface area (Å²) < 4.78 is 45.4. The van der Waals surface area contributed by atoms with Crippen LogP contribution >= 0.6 is 0 Å². The summed E-state index contributed by atoms with van der Waals surface area (Å²) in [6.07, 6.45) is -4.76. The van der Waals surface area contributed by atoms with Crippen LogP contribution in [-0.2, 0) is 24.0 Å². The standard InChI is InChI=1S/C19H22F3N3O2/c1-12-10-25-15(11-24(12)17(26)27-18(2,3)4)9-16(23-25)13-5-7-14(8-6-13)19(20,21)22/h5-9,12H,10-11H2,1-4H3/t12-/m1/s1. The largest absolute Gasteiger partial charge is 0.444 e. The van der Waals surface area contributed by atoms with Crippen LogP contribution in [0.4, 0.5) is 18.0 Å². The highest BCUT2D eigenvalue weighted by Gasteiger charge is 2.32. The first-order valence-electron chi connectivity index (χ1n) is 8.68. The van der Waals surface area contributed by atoms with Gasteiger partial charge in [-0.2, -0.15) is 18.3 Å². The minimum Gasteiger partial charge on any atom is -0.444 e. The number of fused-ring (bicyclic) bond motifs is 1. The molecule has 27 heavy (non-hydrogen) atoms. The van der Waals surface area contributed by atoms with Gasteiger partial charge in [-0.3, -0.25) is 9.58 Å². The van der Waals surface area contributed by atoms with Crippen molar-refractivity contribution >= 4 is 6.09 Å². The molecule has 1 aliphatic heterocycles. The summed E-state index contributed by atoms with van der Waals surface area (Å²) in [5.41, 5.74) is 0.715. The Balaban J connectivity index is 1.81. The second kappa shape index (κ2) is 6.58. The Labute approximate surface area is 155 Å². The molecule has 1 amide bonds. The number of hydrogen-bond acceptors (Lipinski definition) is 3. The average Bonchev–Trinajstić information content (AvgIpc) is 2.94. The fourth-order valence-corrected chi connectivity index (χ4v) is 2.96. The van der Waals surface area contributed by atoms with E-state index < -0.39 is 23.4 Å². The number of ether oxygens (including phenoxy) is 1. The number of benzene rings is 1. The number of halogens is 3. The molecule has 0 spiro atoms. The van der Waals surface area contributed by atoms with Gasteiger partial charge < -0.3 is 4.74 Å². The molecule has 0 unspecified atom stereocenters. The molecular formula is C19H22F3N3O2. The van der Waals surface area contributed by atoms with Crippen LogP contribution in [0.2, 0.25) is 0 Å². The third kappa shape index (κ3) is 4.26. The Bertz CT molecular complexity index is 835. The topological polar surface area (TPSA) is 47.4 Å². The van der Waals surface area contributed by atoms with Crippen LogP contribution in [0.1, 0.15) is 39.0 Å². The molecular weight excluding hydrogens is 359 g/mol. The van der Waals surface area contributed by atoms with Crippen LogP contribution < -0.4 is 0 Å². The van der Waals surface area contributed by atoms with Gasteiger partial charge in [-0.1, -0.05) is 12.1 Å².